The van der Waals surface area contributed by atoms with Crippen LogP contribution < -0.4 is 4.74 Å². The van der Waals surface area contributed by atoms with E-state index in [4.69, 9.17) is 21.1 Å². The van der Waals surface area contributed by atoms with Crippen LogP contribution in [0.1, 0.15) is 12.1 Å². The van der Waals surface area contributed by atoms with E-state index in [-0.39, 0.29) is 6.10 Å². The zero-order chi connectivity index (χ0) is 9.80. The maximum atomic E-state index is 5.59. The summed E-state index contributed by atoms with van der Waals surface area (Å²) in [5.41, 5.74) is 0.752. The molecule has 1 aromatic heterocycles. The van der Waals surface area contributed by atoms with Gasteiger partial charge >= 0.3 is 0 Å². The Morgan fingerprint density at radius 3 is 3.00 bits per heavy atom. The molecule has 14 heavy (non-hydrogen) atoms. The van der Waals surface area contributed by atoms with Crippen LogP contribution in [0.15, 0.2) is 12.1 Å². The second-order valence-electron chi connectivity index (χ2n) is 3.10. The Labute approximate surface area is 87.2 Å². The number of nitrogens with zero attached hydrogens (tertiary/aromatic N) is 2. The predicted octanol–water partition coefficient (Wildman–Crippen LogP) is 1.38. The van der Waals surface area contributed by atoms with E-state index in [1.807, 2.05) is 6.07 Å². The number of hydrogen-bond acceptors (Lipinski definition) is 4. The number of ether oxygens (including phenoxy) is 2. The highest BCUT2D eigenvalue weighted by molar-refractivity contribution is 6.16. The second kappa shape index (κ2) is 4.57. The highest BCUT2D eigenvalue weighted by Crippen LogP contribution is 2.13. The highest BCUT2D eigenvalue weighted by atomic mass is 35.5. The van der Waals surface area contributed by atoms with Crippen molar-refractivity contribution in [3.63, 3.8) is 0 Å². The van der Waals surface area contributed by atoms with Crippen molar-refractivity contribution < 1.29 is 9.47 Å². The first-order chi connectivity index (χ1) is 6.88. The van der Waals surface area contributed by atoms with E-state index in [2.05, 4.69) is 10.2 Å². The molecule has 1 saturated heterocycles. The van der Waals surface area contributed by atoms with Crippen LogP contribution in [0.25, 0.3) is 0 Å². The van der Waals surface area contributed by atoms with Gasteiger partial charge in [0, 0.05) is 12.5 Å². The minimum atomic E-state index is 0.117. The molecule has 0 N–H and O–H groups in total. The van der Waals surface area contributed by atoms with Gasteiger partial charge in [0.2, 0.25) is 5.88 Å². The van der Waals surface area contributed by atoms with Gasteiger partial charge in [0.25, 0.3) is 0 Å². The van der Waals surface area contributed by atoms with Crippen LogP contribution in [0.3, 0.4) is 0 Å². The molecule has 0 amide bonds. The van der Waals surface area contributed by atoms with E-state index in [9.17, 15) is 0 Å². The van der Waals surface area contributed by atoms with Gasteiger partial charge in [-0.05, 0) is 6.07 Å². The topological polar surface area (TPSA) is 44.2 Å². The Balaban J connectivity index is 1.95. The third kappa shape index (κ3) is 2.33. The lowest BCUT2D eigenvalue weighted by atomic mass is 10.3. The molecule has 0 aliphatic carbocycles. The first kappa shape index (κ1) is 9.68. The van der Waals surface area contributed by atoms with Crippen molar-refractivity contribution in [1.29, 1.82) is 0 Å². The van der Waals surface area contributed by atoms with Gasteiger partial charge in [-0.25, -0.2) is 0 Å². The molecule has 2 heterocycles. The summed E-state index contributed by atoms with van der Waals surface area (Å²) in [5, 5.41) is 7.79. The monoisotopic (exact) mass is 214 g/mol. The van der Waals surface area contributed by atoms with Gasteiger partial charge < -0.3 is 9.47 Å². The normalized spacial score (nSPS) is 21.1. The highest BCUT2D eigenvalue weighted by Gasteiger charge is 2.17. The van der Waals surface area contributed by atoms with E-state index < -0.39 is 0 Å². The fraction of sp³-hybridized carbons (Fsp3) is 0.556. The van der Waals surface area contributed by atoms with Crippen LogP contribution in [-0.4, -0.2) is 29.5 Å². The summed E-state index contributed by atoms with van der Waals surface area (Å²) in [6, 6.07) is 3.59. The van der Waals surface area contributed by atoms with Crippen molar-refractivity contribution >= 4 is 11.6 Å². The van der Waals surface area contributed by atoms with Crippen LogP contribution >= 0.6 is 11.6 Å². The summed E-state index contributed by atoms with van der Waals surface area (Å²) in [4.78, 5) is 0. The lowest BCUT2D eigenvalue weighted by molar-refractivity contribution is 0.137. The van der Waals surface area contributed by atoms with Crippen LogP contribution in [0.4, 0.5) is 0 Å². The lowest BCUT2D eigenvalue weighted by Crippen LogP contribution is -2.16. The van der Waals surface area contributed by atoms with E-state index in [0.29, 0.717) is 18.4 Å². The van der Waals surface area contributed by atoms with Crippen molar-refractivity contribution in [2.75, 3.05) is 13.2 Å². The Morgan fingerprint density at radius 1 is 1.50 bits per heavy atom. The third-order valence-corrected chi connectivity index (χ3v) is 2.28. The van der Waals surface area contributed by atoms with E-state index >= 15 is 0 Å². The largest absolute Gasteiger partial charge is 0.471 e. The van der Waals surface area contributed by atoms with Gasteiger partial charge in [-0.1, -0.05) is 0 Å². The maximum absolute atomic E-state index is 5.59. The number of halogens is 1. The van der Waals surface area contributed by atoms with Gasteiger partial charge in [0.15, 0.2) is 0 Å². The molecule has 5 heteroatoms. The molecule has 4 nitrogen and oxygen atoms in total. The number of aromatic nitrogens is 2. The zero-order valence-electron chi connectivity index (χ0n) is 7.65. The minimum absolute atomic E-state index is 0.117. The Hall–Kier alpha value is -0.870. The van der Waals surface area contributed by atoms with Gasteiger partial charge in [0.1, 0.15) is 6.10 Å². The Kier molecular flexibility index (Phi) is 3.16. The molecule has 1 aliphatic rings. The summed E-state index contributed by atoms with van der Waals surface area (Å²) < 4.78 is 10.7. The molecule has 1 aromatic rings. The summed E-state index contributed by atoms with van der Waals surface area (Å²) >= 11 is 5.59. The Bertz CT molecular complexity index is 285. The van der Waals surface area contributed by atoms with Gasteiger partial charge in [-0.15, -0.1) is 16.7 Å². The number of alkyl halides is 1. The van der Waals surface area contributed by atoms with Crippen molar-refractivity contribution in [2.45, 2.75) is 18.4 Å². The second-order valence-corrected chi connectivity index (χ2v) is 3.37. The summed E-state index contributed by atoms with van der Waals surface area (Å²) in [6.45, 7) is 1.40. The zero-order valence-corrected chi connectivity index (χ0v) is 8.41. The smallest absolute Gasteiger partial charge is 0.233 e. The van der Waals surface area contributed by atoms with E-state index in [1.54, 1.807) is 6.07 Å². The van der Waals surface area contributed by atoms with Crippen LogP contribution in [0.5, 0.6) is 5.88 Å². The van der Waals surface area contributed by atoms with Crippen LogP contribution in [0.2, 0.25) is 0 Å². The molecule has 1 atom stereocenters. The van der Waals surface area contributed by atoms with E-state index in [1.165, 1.54) is 0 Å². The first-order valence-corrected chi connectivity index (χ1v) is 5.05. The van der Waals surface area contributed by atoms with Crippen molar-refractivity contribution in [1.82, 2.24) is 10.2 Å². The first-order valence-electron chi connectivity index (χ1n) is 4.51. The predicted molar refractivity (Wildman–Crippen MR) is 51.4 cm³/mol. The molecule has 0 spiro atoms. The molecule has 0 bridgehead atoms. The van der Waals surface area contributed by atoms with Crippen molar-refractivity contribution in [2.24, 2.45) is 0 Å². The quantitative estimate of drug-likeness (QED) is 0.714. The summed E-state index contributed by atoms with van der Waals surface area (Å²) in [7, 11) is 0. The average Bonchev–Trinajstić information content (AvgIpc) is 2.72. The molecular weight excluding hydrogens is 204 g/mol. The molecule has 1 fully saturated rings. The molecule has 1 unspecified atom stereocenters. The fourth-order valence-corrected chi connectivity index (χ4v) is 1.40. The number of rotatable bonds is 3. The molecule has 0 aromatic carbocycles. The van der Waals surface area contributed by atoms with Crippen molar-refractivity contribution in [3.8, 4) is 5.88 Å². The minimum Gasteiger partial charge on any atom is -0.471 e. The molecule has 2 rings (SSSR count). The van der Waals surface area contributed by atoms with Crippen molar-refractivity contribution in [3.05, 3.63) is 17.8 Å². The van der Waals surface area contributed by atoms with Gasteiger partial charge in [0.05, 0.1) is 24.8 Å². The lowest BCUT2D eigenvalue weighted by Gasteiger charge is -2.09. The van der Waals surface area contributed by atoms with Crippen LogP contribution in [-0.2, 0) is 10.6 Å². The molecular formula is C9H11ClN2O2. The molecule has 1 aliphatic heterocycles. The molecule has 76 valence electrons. The SMILES string of the molecule is ClCc1ccc(OC2CCOC2)nn1. The van der Waals surface area contributed by atoms with Crippen LogP contribution in [0, 0.1) is 0 Å². The van der Waals surface area contributed by atoms with Gasteiger partial charge in [-0.2, -0.15) is 5.10 Å². The average molecular weight is 215 g/mol. The van der Waals surface area contributed by atoms with E-state index in [0.717, 1.165) is 18.7 Å². The number of hydrogen-bond donors (Lipinski definition) is 0. The fourth-order valence-electron chi connectivity index (χ4n) is 1.26. The third-order valence-electron chi connectivity index (χ3n) is 2.01. The molecule has 0 radical (unpaired) electrons. The molecule has 0 saturated carbocycles. The maximum Gasteiger partial charge on any atom is 0.233 e. The standard InChI is InChI=1S/C9H11ClN2O2/c10-5-7-1-2-9(12-11-7)14-8-3-4-13-6-8/h1-2,8H,3-6H2. The summed E-state index contributed by atoms with van der Waals surface area (Å²) in [6.07, 6.45) is 1.03. The Morgan fingerprint density at radius 2 is 2.43 bits per heavy atom. The summed E-state index contributed by atoms with van der Waals surface area (Å²) in [5.74, 6) is 0.911. The van der Waals surface area contributed by atoms with Gasteiger partial charge in [-0.3, -0.25) is 0 Å².